The van der Waals surface area contributed by atoms with Gasteiger partial charge < -0.3 is 0 Å². The van der Waals surface area contributed by atoms with Crippen molar-refractivity contribution in [3.63, 3.8) is 0 Å². The molecule has 1 amide bonds. The van der Waals surface area contributed by atoms with Crippen molar-refractivity contribution in [3.8, 4) is 0 Å². The van der Waals surface area contributed by atoms with Crippen LogP contribution in [0.1, 0.15) is 10.4 Å². The number of benzene rings is 3. The highest BCUT2D eigenvalue weighted by Gasteiger charge is 2.14. The van der Waals surface area contributed by atoms with Crippen molar-refractivity contribution >= 4 is 70.9 Å². The van der Waals surface area contributed by atoms with E-state index in [9.17, 15) is 4.79 Å². The van der Waals surface area contributed by atoms with Crippen molar-refractivity contribution in [2.24, 2.45) is 0 Å². The summed E-state index contributed by atoms with van der Waals surface area (Å²) in [6.45, 7) is 0. The van der Waals surface area contributed by atoms with Crippen molar-refractivity contribution in [3.05, 3.63) is 69.7 Å². The van der Waals surface area contributed by atoms with Crippen LogP contribution in [0.25, 0.3) is 21.0 Å². The van der Waals surface area contributed by atoms with Gasteiger partial charge >= 0.3 is 0 Å². The molecule has 0 atom stereocenters. The summed E-state index contributed by atoms with van der Waals surface area (Å²) in [5.41, 5.74) is 1.31. The maximum absolute atomic E-state index is 12.5. The number of nitrogens with zero attached hydrogens (tertiary/aromatic N) is 1. The van der Waals surface area contributed by atoms with Gasteiger partial charge in [0.2, 0.25) is 0 Å². The first kappa shape index (κ1) is 15.6. The van der Waals surface area contributed by atoms with Gasteiger partial charge in [0.05, 0.1) is 20.8 Å². The largest absolute Gasteiger partial charge is 0.298 e. The summed E-state index contributed by atoms with van der Waals surface area (Å²) in [7, 11) is 0. The van der Waals surface area contributed by atoms with E-state index < -0.39 is 0 Å². The summed E-state index contributed by atoms with van der Waals surface area (Å²) < 4.78 is 1.83. The molecule has 118 valence electrons. The van der Waals surface area contributed by atoms with Gasteiger partial charge in [0.1, 0.15) is 0 Å². The molecule has 6 heteroatoms. The highest BCUT2D eigenvalue weighted by atomic mass is 79.9. The van der Waals surface area contributed by atoms with Gasteiger partial charge in [-0.25, -0.2) is 4.98 Å². The maximum Gasteiger partial charge on any atom is 0.258 e. The molecule has 0 spiro atoms. The molecule has 0 fully saturated rings. The minimum Gasteiger partial charge on any atom is -0.298 e. The summed E-state index contributed by atoms with van der Waals surface area (Å²) in [5.74, 6) is -0.273. The highest BCUT2D eigenvalue weighted by Crippen LogP contribution is 2.32. The first-order valence-corrected chi connectivity index (χ1v) is 9.15. The van der Waals surface area contributed by atoms with Crippen molar-refractivity contribution in [2.45, 2.75) is 0 Å². The first-order valence-electron chi connectivity index (χ1n) is 7.16. The SMILES string of the molecule is O=C(Nc1nc2c(ccc3ccccc32)s1)c1cc(Br)ccc1Cl. The van der Waals surface area contributed by atoms with Crippen LogP contribution in [0.4, 0.5) is 5.13 Å². The standard InChI is InChI=1S/C18H10BrClN2OS/c19-11-6-7-14(20)13(9-11)17(23)22-18-21-16-12-4-2-1-3-10(12)5-8-15(16)24-18/h1-9H,(H,21,22,23). The normalized spacial score (nSPS) is 11.1. The van der Waals surface area contributed by atoms with Gasteiger partial charge in [-0.05, 0) is 29.7 Å². The van der Waals surface area contributed by atoms with Crippen LogP contribution in [0.3, 0.4) is 0 Å². The third kappa shape index (κ3) is 2.79. The Morgan fingerprint density at radius 3 is 2.83 bits per heavy atom. The van der Waals surface area contributed by atoms with Crippen LogP contribution >= 0.6 is 38.9 Å². The molecule has 4 rings (SSSR count). The second-order valence-corrected chi connectivity index (χ2v) is 7.58. The average Bonchev–Trinajstić information content (AvgIpc) is 3.00. The lowest BCUT2D eigenvalue weighted by Crippen LogP contribution is -2.12. The van der Waals surface area contributed by atoms with Gasteiger partial charge in [-0.2, -0.15) is 0 Å². The maximum atomic E-state index is 12.5. The van der Waals surface area contributed by atoms with Crippen molar-refractivity contribution in [2.75, 3.05) is 5.32 Å². The molecule has 0 saturated heterocycles. The van der Waals surface area contributed by atoms with Gasteiger partial charge in [-0.1, -0.05) is 69.2 Å². The van der Waals surface area contributed by atoms with Crippen LogP contribution < -0.4 is 5.32 Å². The second kappa shape index (κ2) is 6.16. The molecule has 4 aromatic rings. The summed E-state index contributed by atoms with van der Waals surface area (Å²) in [6.07, 6.45) is 0. The predicted molar refractivity (Wildman–Crippen MR) is 104 cm³/mol. The molecule has 3 aromatic carbocycles. The van der Waals surface area contributed by atoms with E-state index in [1.807, 2.05) is 30.3 Å². The quantitative estimate of drug-likeness (QED) is 0.427. The van der Waals surface area contributed by atoms with Crippen LogP contribution in [0.15, 0.2) is 59.1 Å². The number of rotatable bonds is 2. The fraction of sp³-hybridized carbons (Fsp3) is 0. The number of thiazole rings is 1. The molecule has 1 heterocycles. The molecule has 0 unspecified atom stereocenters. The Labute approximate surface area is 155 Å². The van der Waals surface area contributed by atoms with E-state index in [2.05, 4.69) is 32.3 Å². The summed E-state index contributed by atoms with van der Waals surface area (Å²) in [5, 5.41) is 6.01. The Hall–Kier alpha value is -1.95. The number of carbonyl (C=O) groups excluding carboxylic acids is 1. The van der Waals surface area contributed by atoms with Gasteiger partial charge in [0.25, 0.3) is 5.91 Å². The molecule has 0 aliphatic heterocycles. The zero-order valence-electron chi connectivity index (χ0n) is 12.2. The van der Waals surface area contributed by atoms with Crippen LogP contribution in [0, 0.1) is 0 Å². The monoisotopic (exact) mass is 416 g/mol. The van der Waals surface area contributed by atoms with E-state index in [1.54, 1.807) is 18.2 Å². The number of halogens is 2. The summed E-state index contributed by atoms with van der Waals surface area (Å²) in [6, 6.07) is 17.3. The molecule has 24 heavy (non-hydrogen) atoms. The zero-order valence-corrected chi connectivity index (χ0v) is 15.4. The minimum absolute atomic E-state index is 0.273. The smallest absolute Gasteiger partial charge is 0.258 e. The van der Waals surface area contributed by atoms with Gasteiger partial charge in [-0.3, -0.25) is 10.1 Å². The summed E-state index contributed by atoms with van der Waals surface area (Å²) in [4.78, 5) is 17.1. The predicted octanol–water partition coefficient (Wildman–Crippen LogP) is 6.12. The average molecular weight is 418 g/mol. The van der Waals surface area contributed by atoms with Crippen LogP contribution in [-0.4, -0.2) is 10.9 Å². The Kier molecular flexibility index (Phi) is 4.00. The molecule has 0 bridgehead atoms. The van der Waals surface area contributed by atoms with Crippen LogP contribution in [0.5, 0.6) is 0 Å². The minimum atomic E-state index is -0.273. The van der Waals surface area contributed by atoms with Gasteiger partial charge in [-0.15, -0.1) is 0 Å². The molecular weight excluding hydrogens is 408 g/mol. The lowest BCUT2D eigenvalue weighted by molar-refractivity contribution is 0.102. The van der Waals surface area contributed by atoms with E-state index >= 15 is 0 Å². The number of aromatic nitrogens is 1. The topological polar surface area (TPSA) is 42.0 Å². The number of hydrogen-bond donors (Lipinski definition) is 1. The van der Waals surface area contributed by atoms with E-state index in [-0.39, 0.29) is 5.91 Å². The number of nitrogens with one attached hydrogen (secondary N) is 1. The van der Waals surface area contributed by atoms with Crippen molar-refractivity contribution in [1.82, 2.24) is 4.98 Å². The van der Waals surface area contributed by atoms with E-state index in [0.717, 1.165) is 25.5 Å². The van der Waals surface area contributed by atoms with Crippen LogP contribution in [-0.2, 0) is 0 Å². The third-order valence-corrected chi connectivity index (χ3v) is 5.44. The highest BCUT2D eigenvalue weighted by molar-refractivity contribution is 9.10. The Morgan fingerprint density at radius 2 is 1.96 bits per heavy atom. The number of hydrogen-bond acceptors (Lipinski definition) is 3. The number of fused-ring (bicyclic) bond motifs is 3. The first-order chi connectivity index (χ1) is 11.6. The van der Waals surface area contributed by atoms with E-state index in [1.165, 1.54) is 11.3 Å². The fourth-order valence-corrected chi connectivity index (χ4v) is 3.99. The number of carbonyl (C=O) groups is 1. The van der Waals surface area contributed by atoms with E-state index in [4.69, 9.17) is 11.6 Å². The Morgan fingerprint density at radius 1 is 1.12 bits per heavy atom. The number of anilines is 1. The molecule has 3 nitrogen and oxygen atoms in total. The summed E-state index contributed by atoms with van der Waals surface area (Å²) >= 11 is 10.9. The molecule has 1 N–H and O–H groups in total. The molecule has 1 aromatic heterocycles. The van der Waals surface area contributed by atoms with Gasteiger partial charge in [0.15, 0.2) is 5.13 Å². The number of amides is 1. The Balaban J connectivity index is 1.73. The van der Waals surface area contributed by atoms with Gasteiger partial charge in [0, 0.05) is 9.86 Å². The second-order valence-electron chi connectivity index (χ2n) is 5.23. The lowest BCUT2D eigenvalue weighted by Gasteiger charge is -2.04. The molecule has 0 aliphatic carbocycles. The zero-order chi connectivity index (χ0) is 16.7. The van der Waals surface area contributed by atoms with E-state index in [0.29, 0.717) is 15.7 Å². The molecule has 0 radical (unpaired) electrons. The molecular formula is C18H10BrClN2OS. The fourth-order valence-electron chi connectivity index (χ4n) is 2.55. The lowest BCUT2D eigenvalue weighted by atomic mass is 10.1. The Bertz CT molecular complexity index is 1090. The third-order valence-electron chi connectivity index (χ3n) is 3.68. The van der Waals surface area contributed by atoms with Crippen LogP contribution in [0.2, 0.25) is 5.02 Å². The van der Waals surface area contributed by atoms with Crippen molar-refractivity contribution < 1.29 is 4.79 Å². The van der Waals surface area contributed by atoms with Crippen molar-refractivity contribution in [1.29, 1.82) is 0 Å². The molecule has 0 aliphatic rings. The molecule has 0 saturated carbocycles.